The third-order valence-corrected chi connectivity index (χ3v) is 6.30. The van der Waals surface area contributed by atoms with E-state index in [9.17, 15) is 9.59 Å². The second-order valence-electron chi connectivity index (χ2n) is 8.37. The van der Waals surface area contributed by atoms with Crippen LogP contribution in [0, 0.1) is 0 Å². The standard InChI is InChI=1S/C23H32N4O2/c28-22-12-10-16-18(6-4-8-20(16)26-22)24-14-2-1-3-15-25-19-7-5-9-21-17(19)11-13-23(29)27-21/h10-13,18-19,24-25H,1-9,14-15H2,(H,26,28)(H,27,29)/t18-,19+. The molecule has 0 spiro atoms. The smallest absolute Gasteiger partial charge is 0.248 e. The lowest BCUT2D eigenvalue weighted by atomic mass is 9.91. The van der Waals surface area contributed by atoms with Crippen LogP contribution >= 0.6 is 0 Å². The summed E-state index contributed by atoms with van der Waals surface area (Å²) in [4.78, 5) is 29.0. The van der Waals surface area contributed by atoms with Gasteiger partial charge in [0.2, 0.25) is 11.1 Å². The van der Waals surface area contributed by atoms with E-state index in [0.717, 1.165) is 75.8 Å². The molecule has 6 heteroatoms. The molecule has 2 atom stereocenters. The number of H-pyrrole nitrogens is 2. The van der Waals surface area contributed by atoms with E-state index in [-0.39, 0.29) is 11.1 Å². The molecule has 0 aliphatic heterocycles. The highest BCUT2D eigenvalue weighted by atomic mass is 16.1. The minimum absolute atomic E-state index is 0.00356. The van der Waals surface area contributed by atoms with Crippen molar-refractivity contribution in [2.24, 2.45) is 0 Å². The van der Waals surface area contributed by atoms with Crippen LogP contribution in [0.5, 0.6) is 0 Å². The van der Waals surface area contributed by atoms with E-state index in [1.165, 1.54) is 17.5 Å². The van der Waals surface area contributed by atoms with Gasteiger partial charge in [-0.3, -0.25) is 9.59 Å². The number of hydrogen-bond donors (Lipinski definition) is 4. The first kappa shape index (κ1) is 20.1. The summed E-state index contributed by atoms with van der Waals surface area (Å²) in [6.07, 6.45) is 10.0. The maximum absolute atomic E-state index is 11.5. The lowest BCUT2D eigenvalue weighted by molar-refractivity contribution is 0.429. The van der Waals surface area contributed by atoms with Crippen LogP contribution in [0.3, 0.4) is 0 Å². The molecule has 0 saturated carbocycles. The monoisotopic (exact) mass is 396 g/mol. The van der Waals surface area contributed by atoms with Gasteiger partial charge in [-0.25, -0.2) is 0 Å². The van der Waals surface area contributed by atoms with E-state index >= 15 is 0 Å². The van der Waals surface area contributed by atoms with Crippen molar-refractivity contribution in [3.8, 4) is 0 Å². The SMILES string of the molecule is O=c1ccc2c([nH]1)CCC[C@@H]2NCCCCCN[C@@H]1CCCc2[nH]c(=O)ccc21. The summed E-state index contributed by atoms with van der Waals surface area (Å²) in [7, 11) is 0. The fourth-order valence-corrected chi connectivity index (χ4v) is 4.80. The Morgan fingerprint density at radius 1 is 0.724 bits per heavy atom. The van der Waals surface area contributed by atoms with Gasteiger partial charge in [0.25, 0.3) is 0 Å². The van der Waals surface area contributed by atoms with Gasteiger partial charge in [-0.15, -0.1) is 0 Å². The second-order valence-corrected chi connectivity index (χ2v) is 8.37. The Bertz CT molecular complexity index is 857. The topological polar surface area (TPSA) is 89.8 Å². The molecule has 29 heavy (non-hydrogen) atoms. The van der Waals surface area contributed by atoms with Crippen LogP contribution in [0.4, 0.5) is 0 Å². The maximum atomic E-state index is 11.5. The molecule has 2 aromatic rings. The van der Waals surface area contributed by atoms with Crippen LogP contribution in [-0.2, 0) is 12.8 Å². The molecule has 156 valence electrons. The van der Waals surface area contributed by atoms with E-state index < -0.39 is 0 Å². The fourth-order valence-electron chi connectivity index (χ4n) is 4.80. The summed E-state index contributed by atoms with van der Waals surface area (Å²) in [5, 5.41) is 7.36. The summed E-state index contributed by atoms with van der Waals surface area (Å²) in [6.45, 7) is 2.02. The Kier molecular flexibility index (Phi) is 6.62. The zero-order chi connectivity index (χ0) is 20.1. The third-order valence-electron chi connectivity index (χ3n) is 6.30. The summed E-state index contributed by atoms with van der Waals surface area (Å²) < 4.78 is 0. The minimum atomic E-state index is 0.00356. The highest BCUT2D eigenvalue weighted by Crippen LogP contribution is 2.28. The third kappa shape index (κ3) is 5.06. The number of pyridine rings is 2. The van der Waals surface area contributed by atoms with Gasteiger partial charge in [-0.2, -0.15) is 0 Å². The molecule has 2 aromatic heterocycles. The molecule has 4 rings (SSSR count). The Balaban J connectivity index is 1.16. The molecular formula is C23H32N4O2. The van der Waals surface area contributed by atoms with E-state index in [2.05, 4.69) is 20.6 Å². The molecule has 0 radical (unpaired) electrons. The predicted octanol–water partition coefficient (Wildman–Crippen LogP) is 2.87. The highest BCUT2D eigenvalue weighted by Gasteiger charge is 2.21. The molecule has 0 amide bonds. The molecule has 0 unspecified atom stereocenters. The molecule has 6 nitrogen and oxygen atoms in total. The van der Waals surface area contributed by atoms with Crippen LogP contribution in [0.25, 0.3) is 0 Å². The summed E-state index contributed by atoms with van der Waals surface area (Å²) in [6, 6.07) is 8.01. The van der Waals surface area contributed by atoms with Crippen molar-refractivity contribution >= 4 is 0 Å². The van der Waals surface area contributed by atoms with Gasteiger partial charge in [0.1, 0.15) is 0 Å². The molecule has 0 bridgehead atoms. The van der Waals surface area contributed by atoms with Crippen molar-refractivity contribution in [1.82, 2.24) is 20.6 Å². The van der Waals surface area contributed by atoms with Crippen LogP contribution in [-0.4, -0.2) is 23.1 Å². The number of nitrogens with one attached hydrogen (secondary N) is 4. The number of hydrogen-bond acceptors (Lipinski definition) is 4. The summed E-state index contributed by atoms with van der Waals surface area (Å²) in [5.74, 6) is 0. The van der Waals surface area contributed by atoms with Crippen molar-refractivity contribution in [1.29, 1.82) is 0 Å². The number of aromatic nitrogens is 2. The van der Waals surface area contributed by atoms with E-state index in [0.29, 0.717) is 12.1 Å². The normalized spacial score (nSPS) is 20.8. The molecule has 2 aliphatic carbocycles. The van der Waals surface area contributed by atoms with Gasteiger partial charge in [0.05, 0.1) is 0 Å². The first-order valence-corrected chi connectivity index (χ1v) is 11.1. The van der Waals surface area contributed by atoms with Crippen LogP contribution in [0.2, 0.25) is 0 Å². The quantitative estimate of drug-likeness (QED) is 0.517. The maximum Gasteiger partial charge on any atom is 0.248 e. The van der Waals surface area contributed by atoms with Gasteiger partial charge < -0.3 is 20.6 Å². The van der Waals surface area contributed by atoms with E-state index in [4.69, 9.17) is 0 Å². The Labute approximate surface area is 171 Å². The van der Waals surface area contributed by atoms with E-state index in [1.807, 2.05) is 12.1 Å². The zero-order valence-electron chi connectivity index (χ0n) is 17.1. The number of aromatic amines is 2. The van der Waals surface area contributed by atoms with Crippen molar-refractivity contribution in [2.45, 2.75) is 69.9 Å². The average molecular weight is 397 g/mol. The first-order chi connectivity index (χ1) is 14.2. The number of aryl methyl sites for hydroxylation is 2. The molecule has 0 saturated heterocycles. The lowest BCUT2D eigenvalue weighted by Gasteiger charge is -2.26. The van der Waals surface area contributed by atoms with Crippen molar-refractivity contribution < 1.29 is 0 Å². The average Bonchev–Trinajstić information content (AvgIpc) is 2.72. The predicted molar refractivity (Wildman–Crippen MR) is 115 cm³/mol. The largest absolute Gasteiger partial charge is 0.326 e. The minimum Gasteiger partial charge on any atom is -0.326 e. The van der Waals surface area contributed by atoms with Crippen molar-refractivity contribution in [3.05, 3.63) is 67.5 Å². The molecule has 2 aliphatic rings. The van der Waals surface area contributed by atoms with Crippen molar-refractivity contribution in [3.63, 3.8) is 0 Å². The molecule has 0 aromatic carbocycles. The second kappa shape index (κ2) is 9.55. The lowest BCUT2D eigenvalue weighted by Crippen LogP contribution is -2.29. The highest BCUT2D eigenvalue weighted by molar-refractivity contribution is 5.27. The van der Waals surface area contributed by atoms with Gasteiger partial charge >= 0.3 is 0 Å². The molecular weight excluding hydrogens is 364 g/mol. The Morgan fingerprint density at radius 2 is 1.21 bits per heavy atom. The van der Waals surface area contributed by atoms with E-state index in [1.54, 1.807) is 12.1 Å². The summed E-state index contributed by atoms with van der Waals surface area (Å²) >= 11 is 0. The molecule has 4 N–H and O–H groups in total. The van der Waals surface area contributed by atoms with Crippen LogP contribution in [0.1, 0.15) is 79.5 Å². The van der Waals surface area contributed by atoms with Crippen molar-refractivity contribution in [2.75, 3.05) is 13.1 Å². The zero-order valence-corrected chi connectivity index (χ0v) is 17.1. The number of fused-ring (bicyclic) bond motifs is 2. The van der Waals surface area contributed by atoms with Gasteiger partial charge in [0, 0.05) is 35.6 Å². The van der Waals surface area contributed by atoms with Crippen LogP contribution < -0.4 is 21.8 Å². The number of unbranched alkanes of at least 4 members (excludes halogenated alkanes) is 2. The first-order valence-electron chi connectivity index (χ1n) is 11.1. The Hall–Kier alpha value is -2.18. The number of rotatable bonds is 8. The summed E-state index contributed by atoms with van der Waals surface area (Å²) in [5.41, 5.74) is 4.77. The van der Waals surface area contributed by atoms with Gasteiger partial charge in [0.15, 0.2) is 0 Å². The van der Waals surface area contributed by atoms with Gasteiger partial charge in [-0.1, -0.05) is 18.6 Å². The molecule has 2 heterocycles. The Morgan fingerprint density at radius 3 is 1.69 bits per heavy atom. The van der Waals surface area contributed by atoms with Crippen LogP contribution in [0.15, 0.2) is 33.9 Å². The van der Waals surface area contributed by atoms with Gasteiger partial charge in [-0.05, 0) is 75.6 Å². The molecule has 0 fully saturated rings. The fraction of sp³-hybridized carbons (Fsp3) is 0.565.